The van der Waals surface area contributed by atoms with Crippen LogP contribution < -0.4 is 5.32 Å². The van der Waals surface area contributed by atoms with E-state index in [0.29, 0.717) is 5.92 Å². The number of imidazole rings is 1. The number of carbonyl (C=O) groups excluding carboxylic acids is 1. The second-order valence-electron chi connectivity index (χ2n) is 4.75. The summed E-state index contributed by atoms with van der Waals surface area (Å²) in [7, 11) is 1.89. The van der Waals surface area contributed by atoms with E-state index < -0.39 is 5.54 Å². The van der Waals surface area contributed by atoms with E-state index in [0.717, 1.165) is 18.0 Å². The second-order valence-corrected chi connectivity index (χ2v) is 5.69. The van der Waals surface area contributed by atoms with Crippen LogP contribution >= 0.6 is 11.8 Å². The molecule has 1 N–H and O–H groups in total. The largest absolute Gasteiger partial charge is 0.337 e. The van der Waals surface area contributed by atoms with Crippen molar-refractivity contribution in [3.8, 4) is 6.07 Å². The number of nitrogens with one attached hydrogen (secondary N) is 1. The summed E-state index contributed by atoms with van der Waals surface area (Å²) in [5.41, 5.74) is -0.709. The first-order valence-electron chi connectivity index (χ1n) is 5.87. The molecule has 1 aromatic rings. The van der Waals surface area contributed by atoms with Gasteiger partial charge in [-0.25, -0.2) is 4.98 Å². The van der Waals surface area contributed by atoms with Crippen molar-refractivity contribution >= 4 is 17.7 Å². The minimum absolute atomic E-state index is 0.112. The van der Waals surface area contributed by atoms with Gasteiger partial charge >= 0.3 is 0 Å². The van der Waals surface area contributed by atoms with E-state index in [-0.39, 0.29) is 11.7 Å². The number of hydrogen-bond acceptors (Lipinski definition) is 4. The molecule has 5 nitrogen and oxygen atoms in total. The zero-order valence-electron chi connectivity index (χ0n) is 10.5. The fourth-order valence-electron chi connectivity index (χ4n) is 1.83. The Morgan fingerprint density at radius 3 is 3.00 bits per heavy atom. The third-order valence-corrected chi connectivity index (χ3v) is 4.19. The molecule has 6 heteroatoms. The maximum Gasteiger partial charge on any atom is 0.231 e. The third-order valence-electron chi connectivity index (χ3n) is 3.13. The molecule has 0 bridgehead atoms. The average Bonchev–Trinajstić information content (AvgIpc) is 3.12. The molecule has 0 spiro atoms. The van der Waals surface area contributed by atoms with Gasteiger partial charge in [0.2, 0.25) is 5.91 Å². The average molecular weight is 264 g/mol. The molecule has 0 radical (unpaired) electrons. The molecule has 1 heterocycles. The summed E-state index contributed by atoms with van der Waals surface area (Å²) in [5, 5.41) is 12.8. The molecule has 1 atom stereocenters. The highest BCUT2D eigenvalue weighted by Gasteiger charge is 2.42. The number of rotatable bonds is 5. The first-order valence-corrected chi connectivity index (χ1v) is 6.86. The molecule has 2 rings (SSSR count). The lowest BCUT2D eigenvalue weighted by molar-refractivity contribution is -0.119. The molecule has 0 unspecified atom stereocenters. The summed E-state index contributed by atoms with van der Waals surface area (Å²) < 4.78 is 1.86. The van der Waals surface area contributed by atoms with Crippen molar-refractivity contribution < 1.29 is 4.79 Å². The molecular formula is C12H16N4OS. The van der Waals surface area contributed by atoms with Crippen molar-refractivity contribution in [2.24, 2.45) is 13.0 Å². The van der Waals surface area contributed by atoms with Crippen LogP contribution in [0, 0.1) is 17.2 Å². The monoisotopic (exact) mass is 264 g/mol. The van der Waals surface area contributed by atoms with E-state index in [4.69, 9.17) is 5.26 Å². The highest BCUT2D eigenvalue weighted by Crippen LogP contribution is 2.39. The van der Waals surface area contributed by atoms with E-state index in [9.17, 15) is 4.79 Å². The molecule has 18 heavy (non-hydrogen) atoms. The number of hydrogen-bond donors (Lipinski definition) is 1. The molecule has 1 aromatic heterocycles. The minimum atomic E-state index is -0.709. The predicted molar refractivity (Wildman–Crippen MR) is 68.8 cm³/mol. The van der Waals surface area contributed by atoms with Gasteiger partial charge in [-0.2, -0.15) is 5.26 Å². The van der Waals surface area contributed by atoms with E-state index in [2.05, 4.69) is 16.4 Å². The van der Waals surface area contributed by atoms with Gasteiger partial charge < -0.3 is 9.88 Å². The Bertz CT molecular complexity index is 489. The summed E-state index contributed by atoms with van der Waals surface area (Å²) in [6.07, 6.45) is 5.58. The van der Waals surface area contributed by atoms with Crippen molar-refractivity contribution in [3.05, 3.63) is 12.4 Å². The number of aromatic nitrogens is 2. The second kappa shape index (κ2) is 5.02. The molecule has 0 aromatic carbocycles. The Morgan fingerprint density at radius 2 is 2.50 bits per heavy atom. The Morgan fingerprint density at radius 1 is 1.78 bits per heavy atom. The van der Waals surface area contributed by atoms with Crippen LogP contribution in [0.2, 0.25) is 0 Å². The Balaban J connectivity index is 1.86. The van der Waals surface area contributed by atoms with Crippen LogP contribution in [0.3, 0.4) is 0 Å². The van der Waals surface area contributed by atoms with Crippen LogP contribution in [0.25, 0.3) is 0 Å². The Labute approximate surface area is 111 Å². The Kier molecular flexibility index (Phi) is 3.62. The number of aryl methyl sites for hydroxylation is 1. The zero-order valence-corrected chi connectivity index (χ0v) is 11.3. The van der Waals surface area contributed by atoms with Crippen LogP contribution in [0.5, 0.6) is 0 Å². The van der Waals surface area contributed by atoms with E-state index in [1.54, 1.807) is 13.1 Å². The molecular weight excluding hydrogens is 248 g/mol. The predicted octanol–water partition coefficient (Wildman–Crippen LogP) is 1.32. The van der Waals surface area contributed by atoms with Crippen molar-refractivity contribution in [3.63, 3.8) is 0 Å². The van der Waals surface area contributed by atoms with Gasteiger partial charge in [-0.15, -0.1) is 0 Å². The van der Waals surface area contributed by atoms with Crippen LogP contribution in [0.1, 0.15) is 19.8 Å². The molecule has 1 amide bonds. The normalized spacial score (nSPS) is 17.8. The maximum absolute atomic E-state index is 11.8. The first kappa shape index (κ1) is 13.0. The minimum Gasteiger partial charge on any atom is -0.337 e. The quantitative estimate of drug-likeness (QED) is 0.814. The maximum atomic E-state index is 11.8. The smallest absolute Gasteiger partial charge is 0.231 e. The molecule has 1 fully saturated rings. The third kappa shape index (κ3) is 2.85. The zero-order chi connectivity index (χ0) is 13.2. The van der Waals surface area contributed by atoms with Gasteiger partial charge in [-0.05, 0) is 25.7 Å². The number of thioether (sulfide) groups is 1. The van der Waals surface area contributed by atoms with E-state index in [1.807, 2.05) is 17.8 Å². The lowest BCUT2D eigenvalue weighted by atomic mass is 9.98. The van der Waals surface area contributed by atoms with E-state index in [1.165, 1.54) is 11.8 Å². The van der Waals surface area contributed by atoms with Gasteiger partial charge in [0.05, 0.1) is 11.8 Å². The first-order chi connectivity index (χ1) is 8.55. The van der Waals surface area contributed by atoms with Crippen LogP contribution in [0.15, 0.2) is 17.6 Å². The number of nitriles is 1. The molecule has 96 valence electrons. The highest BCUT2D eigenvalue weighted by molar-refractivity contribution is 7.99. The molecule has 1 aliphatic carbocycles. The van der Waals surface area contributed by atoms with Gasteiger partial charge in [0.25, 0.3) is 0 Å². The standard InChI is InChI=1S/C12H16N4OS/c1-12(8-13,9-3-4-9)15-10(17)7-18-11-14-5-6-16(11)2/h5-6,9H,3-4,7H2,1-2H3,(H,15,17)/t12-/m0/s1. The van der Waals surface area contributed by atoms with Crippen molar-refractivity contribution in [2.75, 3.05) is 5.75 Å². The molecule has 0 saturated heterocycles. The topological polar surface area (TPSA) is 70.7 Å². The van der Waals surface area contributed by atoms with Crippen LogP contribution in [-0.2, 0) is 11.8 Å². The van der Waals surface area contributed by atoms with E-state index >= 15 is 0 Å². The summed E-state index contributed by atoms with van der Waals surface area (Å²) in [6, 6.07) is 2.21. The molecule has 0 aliphatic heterocycles. The molecule has 1 saturated carbocycles. The van der Waals surface area contributed by atoms with Crippen LogP contribution in [0.4, 0.5) is 0 Å². The van der Waals surface area contributed by atoms with Gasteiger partial charge in [0.1, 0.15) is 5.54 Å². The SMILES string of the molecule is Cn1ccnc1SCC(=O)N[C@@](C)(C#N)C1CC1. The van der Waals surface area contributed by atoms with Gasteiger partial charge in [-0.1, -0.05) is 11.8 Å². The number of amides is 1. The van der Waals surface area contributed by atoms with Crippen molar-refractivity contribution in [1.82, 2.24) is 14.9 Å². The van der Waals surface area contributed by atoms with Crippen molar-refractivity contribution in [1.29, 1.82) is 5.26 Å². The van der Waals surface area contributed by atoms with Crippen molar-refractivity contribution in [2.45, 2.75) is 30.5 Å². The van der Waals surface area contributed by atoms with Gasteiger partial charge in [-0.3, -0.25) is 4.79 Å². The number of carbonyl (C=O) groups is 1. The fraction of sp³-hybridized carbons (Fsp3) is 0.583. The Hall–Kier alpha value is -1.48. The summed E-state index contributed by atoms with van der Waals surface area (Å²) in [4.78, 5) is 16.0. The lowest BCUT2D eigenvalue weighted by Crippen LogP contribution is -2.47. The summed E-state index contributed by atoms with van der Waals surface area (Å²) >= 11 is 1.38. The fourth-order valence-corrected chi connectivity index (χ4v) is 2.56. The van der Waals surface area contributed by atoms with Gasteiger partial charge in [0.15, 0.2) is 5.16 Å². The number of nitrogens with zero attached hydrogens (tertiary/aromatic N) is 3. The summed E-state index contributed by atoms with van der Waals surface area (Å²) in [5.74, 6) is 0.484. The molecule has 1 aliphatic rings. The van der Waals surface area contributed by atoms with Crippen LogP contribution in [-0.4, -0.2) is 26.8 Å². The lowest BCUT2D eigenvalue weighted by Gasteiger charge is -2.22. The summed E-state index contributed by atoms with van der Waals surface area (Å²) in [6.45, 7) is 1.80. The highest BCUT2D eigenvalue weighted by atomic mass is 32.2. The van der Waals surface area contributed by atoms with Gasteiger partial charge in [0, 0.05) is 19.4 Å².